The van der Waals surface area contributed by atoms with E-state index in [9.17, 15) is 24.0 Å². The van der Waals surface area contributed by atoms with Gasteiger partial charge < -0.3 is 29.7 Å². The summed E-state index contributed by atoms with van der Waals surface area (Å²) in [7, 11) is 0. The summed E-state index contributed by atoms with van der Waals surface area (Å²) < 4.78 is 16.5. The third kappa shape index (κ3) is 6.67. The van der Waals surface area contributed by atoms with E-state index in [1.165, 1.54) is 18.2 Å². The van der Waals surface area contributed by atoms with E-state index in [-0.39, 0.29) is 47.2 Å². The molecule has 2 aliphatic heterocycles. The molecule has 1 aromatic rings. The van der Waals surface area contributed by atoms with Crippen molar-refractivity contribution in [1.29, 1.82) is 0 Å². The Hall–Kier alpha value is -3.18. The maximum Gasteiger partial charge on any atom is 0.338 e. The minimum atomic E-state index is -1.18. The first kappa shape index (κ1) is 30.8. The molecule has 1 aliphatic carbocycles. The zero-order valence-electron chi connectivity index (χ0n) is 24.0. The number of amides is 3. The molecule has 2 N–H and O–H groups in total. The lowest BCUT2D eigenvalue weighted by molar-refractivity contribution is -0.165. The molecule has 12 heteroatoms. The van der Waals surface area contributed by atoms with Gasteiger partial charge >= 0.3 is 11.9 Å². The highest BCUT2D eigenvalue weighted by Crippen LogP contribution is 2.44. The topological polar surface area (TPSA) is 140 Å². The Kier molecular flexibility index (Phi) is 9.28. The number of hydrogen-bond acceptors (Lipinski definition) is 8. The lowest BCUT2D eigenvalue weighted by Crippen LogP contribution is -2.59. The summed E-state index contributed by atoms with van der Waals surface area (Å²) in [5, 5.41) is 5.69. The quantitative estimate of drug-likeness (QED) is 0.416. The Morgan fingerprint density at radius 3 is 2.54 bits per heavy atom. The van der Waals surface area contributed by atoms with Crippen molar-refractivity contribution in [2.45, 2.75) is 97.2 Å². The SMILES string of the molecule is CCOC1OC(=O)CC1NC(=O)C1C2CCC(C2)N1C(=O)C(OC(=O)c1ccc(NC(=O)CC)c(Cl)c1)C(C)(C)C. The number of nitrogens with zero attached hydrogens (tertiary/aromatic N) is 1. The lowest BCUT2D eigenvalue weighted by Gasteiger charge is -2.39. The summed E-state index contributed by atoms with van der Waals surface area (Å²) in [6, 6.07) is 2.78. The van der Waals surface area contributed by atoms with E-state index in [1.807, 2.05) is 0 Å². The first-order valence-corrected chi connectivity index (χ1v) is 14.5. The number of halogens is 1. The Morgan fingerprint density at radius 1 is 1.17 bits per heavy atom. The van der Waals surface area contributed by atoms with E-state index in [0.717, 1.165) is 12.8 Å². The van der Waals surface area contributed by atoms with Crippen LogP contribution in [0.1, 0.15) is 77.1 Å². The first-order chi connectivity index (χ1) is 19.3. The third-order valence-electron chi connectivity index (χ3n) is 7.77. The fourth-order valence-corrected chi connectivity index (χ4v) is 6.00. The smallest absolute Gasteiger partial charge is 0.338 e. The summed E-state index contributed by atoms with van der Waals surface area (Å²) in [6.07, 6.45) is 0.401. The molecule has 0 spiro atoms. The Balaban J connectivity index is 1.52. The van der Waals surface area contributed by atoms with Crippen molar-refractivity contribution in [3.05, 3.63) is 28.8 Å². The van der Waals surface area contributed by atoms with Crippen LogP contribution in [0.5, 0.6) is 0 Å². The minimum Gasteiger partial charge on any atom is -0.448 e. The molecule has 3 amide bonds. The molecule has 224 valence electrons. The van der Waals surface area contributed by atoms with Gasteiger partial charge in [0.05, 0.1) is 22.7 Å². The van der Waals surface area contributed by atoms with Crippen LogP contribution >= 0.6 is 11.6 Å². The van der Waals surface area contributed by atoms with Crippen molar-refractivity contribution in [2.75, 3.05) is 11.9 Å². The van der Waals surface area contributed by atoms with Gasteiger partial charge in [0.25, 0.3) is 5.91 Å². The zero-order valence-corrected chi connectivity index (χ0v) is 24.8. The number of piperidine rings is 1. The predicted octanol–water partition coefficient (Wildman–Crippen LogP) is 3.43. The van der Waals surface area contributed by atoms with Crippen molar-refractivity contribution in [1.82, 2.24) is 10.2 Å². The van der Waals surface area contributed by atoms with Crippen molar-refractivity contribution >= 4 is 46.9 Å². The number of fused-ring (bicyclic) bond motifs is 2. The molecule has 2 heterocycles. The summed E-state index contributed by atoms with van der Waals surface area (Å²) in [6.45, 7) is 9.15. The summed E-state index contributed by atoms with van der Waals surface area (Å²) in [4.78, 5) is 66.0. The number of benzene rings is 1. The van der Waals surface area contributed by atoms with Crippen LogP contribution in [0.3, 0.4) is 0 Å². The number of cyclic esters (lactones) is 1. The van der Waals surface area contributed by atoms with Gasteiger partial charge in [-0.3, -0.25) is 19.2 Å². The summed E-state index contributed by atoms with van der Waals surface area (Å²) >= 11 is 6.29. The molecular formula is C29H38ClN3O8. The van der Waals surface area contributed by atoms with Crippen LogP contribution in [-0.2, 0) is 33.4 Å². The number of esters is 2. The molecule has 1 aromatic carbocycles. The number of ether oxygens (including phenoxy) is 3. The lowest BCUT2D eigenvalue weighted by atomic mass is 9.86. The van der Waals surface area contributed by atoms with Crippen molar-refractivity contribution < 1.29 is 38.2 Å². The van der Waals surface area contributed by atoms with Crippen molar-refractivity contribution in [3.8, 4) is 0 Å². The number of likely N-dealkylation sites (tertiary alicyclic amines) is 1. The second-order valence-electron chi connectivity index (χ2n) is 11.8. The molecule has 0 radical (unpaired) electrons. The van der Waals surface area contributed by atoms with Gasteiger partial charge in [-0.2, -0.15) is 0 Å². The van der Waals surface area contributed by atoms with Gasteiger partial charge in [-0.25, -0.2) is 4.79 Å². The van der Waals surface area contributed by atoms with Gasteiger partial charge in [-0.1, -0.05) is 39.3 Å². The molecule has 6 atom stereocenters. The molecule has 0 aromatic heterocycles. The van der Waals surface area contributed by atoms with Gasteiger partial charge in [0.2, 0.25) is 18.1 Å². The minimum absolute atomic E-state index is 0.0170. The van der Waals surface area contributed by atoms with Crippen molar-refractivity contribution in [2.24, 2.45) is 11.3 Å². The van der Waals surface area contributed by atoms with Crippen LogP contribution in [0.15, 0.2) is 18.2 Å². The molecule has 3 aliphatic rings. The molecule has 41 heavy (non-hydrogen) atoms. The van der Waals surface area contributed by atoms with Crippen molar-refractivity contribution in [3.63, 3.8) is 0 Å². The maximum absolute atomic E-state index is 14.1. The van der Waals surface area contributed by atoms with Gasteiger partial charge in [0, 0.05) is 24.5 Å². The van der Waals surface area contributed by atoms with Gasteiger partial charge in [0.15, 0.2) is 6.10 Å². The van der Waals surface area contributed by atoms with Crippen LogP contribution in [0.4, 0.5) is 5.69 Å². The normalized spacial score (nSPS) is 26.0. The average Bonchev–Trinajstić information content (AvgIpc) is 3.62. The summed E-state index contributed by atoms with van der Waals surface area (Å²) in [5.41, 5.74) is -0.307. The molecule has 11 nitrogen and oxygen atoms in total. The van der Waals surface area contributed by atoms with E-state index in [2.05, 4.69) is 10.6 Å². The van der Waals surface area contributed by atoms with Crippen LogP contribution in [0, 0.1) is 11.3 Å². The van der Waals surface area contributed by atoms with Gasteiger partial charge in [-0.05, 0) is 50.3 Å². The van der Waals surface area contributed by atoms with Crippen LogP contribution in [-0.4, -0.2) is 71.7 Å². The fraction of sp³-hybridized carbons (Fsp3) is 0.621. The number of rotatable bonds is 9. The van der Waals surface area contributed by atoms with Crippen LogP contribution < -0.4 is 10.6 Å². The monoisotopic (exact) mass is 591 g/mol. The van der Waals surface area contributed by atoms with E-state index in [4.69, 9.17) is 25.8 Å². The standard InChI is InChI=1S/C29H38ClN3O8/c1-6-21(34)31-19-11-9-16(13-18(19)30)27(38)41-24(29(3,4)5)26(37)33-17-10-8-15(12-17)23(33)25(36)32-20-14-22(35)40-28(20)39-7-2/h9,11,13,15,17,20,23-24,28H,6-8,10,12,14H2,1-5H3,(H,31,34)(H,32,36). The number of hydrogen-bond donors (Lipinski definition) is 2. The highest BCUT2D eigenvalue weighted by atomic mass is 35.5. The van der Waals surface area contributed by atoms with E-state index >= 15 is 0 Å². The molecule has 3 fully saturated rings. The average molecular weight is 592 g/mol. The van der Waals surface area contributed by atoms with Crippen LogP contribution in [0.2, 0.25) is 5.02 Å². The fourth-order valence-electron chi connectivity index (χ4n) is 5.77. The van der Waals surface area contributed by atoms with Crippen LogP contribution in [0.25, 0.3) is 0 Å². The number of carbonyl (C=O) groups is 5. The number of carbonyl (C=O) groups excluding carboxylic acids is 5. The van der Waals surface area contributed by atoms with E-state index in [1.54, 1.807) is 39.5 Å². The second-order valence-corrected chi connectivity index (χ2v) is 12.2. The second kappa shape index (κ2) is 12.4. The maximum atomic E-state index is 14.1. The zero-order chi connectivity index (χ0) is 30.1. The Labute approximate surface area is 244 Å². The number of anilines is 1. The molecule has 2 saturated heterocycles. The highest BCUT2D eigenvalue weighted by molar-refractivity contribution is 6.34. The van der Waals surface area contributed by atoms with Gasteiger partial charge in [-0.15, -0.1) is 0 Å². The number of nitrogens with one attached hydrogen (secondary N) is 2. The molecule has 4 rings (SSSR count). The molecule has 1 saturated carbocycles. The first-order valence-electron chi connectivity index (χ1n) is 14.1. The largest absolute Gasteiger partial charge is 0.448 e. The third-order valence-corrected chi connectivity index (χ3v) is 8.08. The molecule has 6 unspecified atom stereocenters. The molecular weight excluding hydrogens is 554 g/mol. The van der Waals surface area contributed by atoms with Gasteiger partial charge in [0.1, 0.15) is 12.1 Å². The Morgan fingerprint density at radius 2 is 1.90 bits per heavy atom. The van der Waals surface area contributed by atoms with E-state index < -0.39 is 47.7 Å². The highest BCUT2D eigenvalue weighted by Gasteiger charge is 2.55. The van der Waals surface area contributed by atoms with E-state index in [0.29, 0.717) is 18.7 Å². The predicted molar refractivity (Wildman–Crippen MR) is 149 cm³/mol. The molecule has 2 bridgehead atoms. The Bertz CT molecular complexity index is 1210. The summed E-state index contributed by atoms with van der Waals surface area (Å²) in [5.74, 6) is -2.31.